The van der Waals surface area contributed by atoms with Gasteiger partial charge in [0, 0.05) is 17.1 Å². The highest BCUT2D eigenvalue weighted by atomic mass is 16.5. The van der Waals surface area contributed by atoms with Crippen LogP contribution in [0.2, 0.25) is 0 Å². The zero-order chi connectivity index (χ0) is 24.8. The Kier molecular flexibility index (Phi) is 7.35. The molecule has 0 aliphatic rings. The van der Waals surface area contributed by atoms with Crippen molar-refractivity contribution in [1.82, 2.24) is 0 Å². The molecule has 1 atom stereocenters. The lowest BCUT2D eigenvalue weighted by molar-refractivity contribution is -0.118. The van der Waals surface area contributed by atoms with Crippen molar-refractivity contribution in [2.24, 2.45) is 0 Å². The molecule has 0 fully saturated rings. The molecule has 2 amide bonds. The van der Waals surface area contributed by atoms with Crippen LogP contribution in [0.3, 0.4) is 0 Å². The van der Waals surface area contributed by atoms with E-state index in [1.165, 1.54) is 12.7 Å². The molecule has 2 N–H and O–H groups in total. The molecule has 7 nitrogen and oxygen atoms in total. The quantitative estimate of drug-likeness (QED) is 0.302. The van der Waals surface area contributed by atoms with E-state index in [4.69, 9.17) is 13.9 Å². The summed E-state index contributed by atoms with van der Waals surface area (Å²) in [6.45, 7) is 4.19. The van der Waals surface area contributed by atoms with Crippen molar-refractivity contribution in [1.29, 1.82) is 0 Å². The summed E-state index contributed by atoms with van der Waals surface area (Å²) in [5.74, 6) is 0.997. The van der Waals surface area contributed by atoms with Crippen LogP contribution in [0.5, 0.6) is 11.5 Å². The number of rotatable bonds is 9. The summed E-state index contributed by atoms with van der Waals surface area (Å²) in [4.78, 5) is 25.0. The number of carbonyl (C=O) groups is 2. The molecule has 0 aliphatic heterocycles. The molecule has 4 aromatic rings. The van der Waals surface area contributed by atoms with E-state index in [0.717, 1.165) is 11.8 Å². The number of amides is 2. The molecule has 7 heteroatoms. The van der Waals surface area contributed by atoms with Gasteiger partial charge < -0.3 is 24.5 Å². The predicted octanol–water partition coefficient (Wildman–Crippen LogP) is 6.22. The third-order valence-electron chi connectivity index (χ3n) is 5.81. The normalized spacial score (nSPS) is 11.6. The molecule has 1 aromatic heterocycles. The third kappa shape index (κ3) is 5.81. The Morgan fingerprint density at radius 3 is 2.46 bits per heavy atom. The Balaban J connectivity index is 1.35. The number of methoxy groups -OCH3 is 1. The van der Waals surface area contributed by atoms with E-state index >= 15 is 0 Å². The Hall–Kier alpha value is -4.26. The molecular weight excluding hydrogens is 444 g/mol. The smallest absolute Gasteiger partial charge is 0.291 e. The number of hydrogen-bond donors (Lipinski definition) is 2. The molecule has 0 bridgehead atoms. The summed E-state index contributed by atoms with van der Waals surface area (Å²) in [6.07, 6.45) is 1.06. The van der Waals surface area contributed by atoms with E-state index in [9.17, 15) is 9.59 Å². The van der Waals surface area contributed by atoms with Gasteiger partial charge >= 0.3 is 0 Å². The molecule has 35 heavy (non-hydrogen) atoms. The number of furan rings is 1. The monoisotopic (exact) mass is 472 g/mol. The molecule has 0 saturated heterocycles. The first kappa shape index (κ1) is 23.9. The molecule has 0 unspecified atom stereocenters. The van der Waals surface area contributed by atoms with Crippen molar-refractivity contribution < 1.29 is 23.5 Å². The number of anilines is 2. The average Bonchev–Trinajstić information content (AvgIpc) is 3.33. The van der Waals surface area contributed by atoms with E-state index < -0.39 is 5.91 Å². The second-order valence-electron chi connectivity index (χ2n) is 8.23. The van der Waals surface area contributed by atoms with E-state index in [1.54, 1.807) is 30.3 Å². The lowest BCUT2D eigenvalue weighted by Gasteiger charge is -2.13. The number of para-hydroxylation sites is 1. The fraction of sp³-hybridized carbons (Fsp3) is 0.214. The maximum atomic E-state index is 12.7. The van der Waals surface area contributed by atoms with Gasteiger partial charge in [0.25, 0.3) is 11.8 Å². The van der Waals surface area contributed by atoms with E-state index in [-0.39, 0.29) is 18.3 Å². The van der Waals surface area contributed by atoms with Gasteiger partial charge in [-0.3, -0.25) is 9.59 Å². The minimum Gasteiger partial charge on any atom is -0.494 e. The minimum absolute atomic E-state index is 0.129. The number of benzene rings is 3. The van der Waals surface area contributed by atoms with Crippen LogP contribution in [0.25, 0.3) is 11.0 Å². The molecule has 180 valence electrons. The van der Waals surface area contributed by atoms with Crippen LogP contribution < -0.4 is 20.1 Å². The average molecular weight is 473 g/mol. The van der Waals surface area contributed by atoms with Gasteiger partial charge in [0.15, 0.2) is 12.4 Å². The first-order valence-corrected chi connectivity index (χ1v) is 11.5. The maximum Gasteiger partial charge on any atom is 0.291 e. The fourth-order valence-corrected chi connectivity index (χ4v) is 3.62. The summed E-state index contributed by atoms with van der Waals surface area (Å²) >= 11 is 0. The van der Waals surface area contributed by atoms with Gasteiger partial charge in [-0.25, -0.2) is 0 Å². The van der Waals surface area contributed by atoms with E-state index in [0.29, 0.717) is 34.4 Å². The van der Waals surface area contributed by atoms with Gasteiger partial charge in [-0.1, -0.05) is 44.2 Å². The van der Waals surface area contributed by atoms with Crippen molar-refractivity contribution in [3.63, 3.8) is 0 Å². The molecule has 0 spiro atoms. The highest BCUT2D eigenvalue weighted by molar-refractivity contribution is 6.05. The number of hydrogen-bond acceptors (Lipinski definition) is 5. The topological polar surface area (TPSA) is 89.8 Å². The summed E-state index contributed by atoms with van der Waals surface area (Å²) in [5.41, 5.74) is 2.85. The summed E-state index contributed by atoms with van der Waals surface area (Å²) < 4.78 is 16.6. The van der Waals surface area contributed by atoms with E-state index in [1.807, 2.05) is 42.5 Å². The Bertz CT molecular complexity index is 1290. The van der Waals surface area contributed by atoms with Gasteiger partial charge in [-0.05, 0) is 54.3 Å². The van der Waals surface area contributed by atoms with Crippen LogP contribution in [0.4, 0.5) is 11.4 Å². The third-order valence-corrected chi connectivity index (χ3v) is 5.81. The SMILES string of the molecule is CC[C@@H](C)c1ccc(OCC(=O)Nc2ccc(NC(=O)c3cc4ccccc4o3)c(OC)c2)cc1. The van der Waals surface area contributed by atoms with Gasteiger partial charge in [0.05, 0.1) is 12.8 Å². The van der Waals surface area contributed by atoms with Gasteiger partial charge in [-0.15, -0.1) is 0 Å². The molecule has 4 rings (SSSR count). The Labute approximate surface area is 204 Å². The highest BCUT2D eigenvalue weighted by Gasteiger charge is 2.15. The Morgan fingerprint density at radius 1 is 0.971 bits per heavy atom. The van der Waals surface area contributed by atoms with Crippen LogP contribution in [0, 0.1) is 0 Å². The van der Waals surface area contributed by atoms with Crippen LogP contribution >= 0.6 is 0 Å². The van der Waals surface area contributed by atoms with Crippen LogP contribution in [-0.4, -0.2) is 25.5 Å². The van der Waals surface area contributed by atoms with Gasteiger partial charge in [0.1, 0.15) is 17.1 Å². The lowest BCUT2D eigenvalue weighted by Crippen LogP contribution is -2.20. The summed E-state index contributed by atoms with van der Waals surface area (Å²) in [6, 6.07) is 21.8. The molecule has 3 aromatic carbocycles. The Morgan fingerprint density at radius 2 is 1.74 bits per heavy atom. The van der Waals surface area contributed by atoms with Crippen LogP contribution in [0.15, 0.2) is 77.2 Å². The second kappa shape index (κ2) is 10.8. The standard InChI is InChI=1S/C28H28N2O5/c1-4-18(2)19-9-12-22(13-10-19)34-17-27(31)29-21-11-14-23(25(16-21)33-3)30-28(32)26-15-20-7-5-6-8-24(20)35-26/h5-16,18H,4,17H2,1-3H3,(H,29,31)(H,30,32)/t18-/m1/s1. The summed E-state index contributed by atoms with van der Waals surface area (Å²) in [5, 5.41) is 6.41. The zero-order valence-corrected chi connectivity index (χ0v) is 20.0. The highest BCUT2D eigenvalue weighted by Crippen LogP contribution is 2.29. The molecular formula is C28H28N2O5. The van der Waals surface area contributed by atoms with Gasteiger partial charge in [-0.2, -0.15) is 0 Å². The van der Waals surface area contributed by atoms with E-state index in [2.05, 4.69) is 24.5 Å². The number of carbonyl (C=O) groups excluding carboxylic acids is 2. The largest absolute Gasteiger partial charge is 0.494 e. The first-order valence-electron chi connectivity index (χ1n) is 11.5. The van der Waals surface area contributed by atoms with Crippen molar-refractivity contribution in [2.45, 2.75) is 26.2 Å². The molecule has 0 aliphatic carbocycles. The van der Waals surface area contributed by atoms with Crippen LogP contribution in [0.1, 0.15) is 42.3 Å². The predicted molar refractivity (Wildman–Crippen MR) is 136 cm³/mol. The zero-order valence-electron chi connectivity index (χ0n) is 20.0. The number of ether oxygens (including phenoxy) is 2. The van der Waals surface area contributed by atoms with Crippen molar-refractivity contribution in [3.05, 3.63) is 84.1 Å². The molecule has 1 heterocycles. The number of nitrogens with one attached hydrogen (secondary N) is 2. The summed E-state index contributed by atoms with van der Waals surface area (Å²) in [7, 11) is 1.49. The molecule has 0 saturated carbocycles. The van der Waals surface area contributed by atoms with Crippen molar-refractivity contribution in [3.8, 4) is 11.5 Å². The van der Waals surface area contributed by atoms with Crippen molar-refractivity contribution in [2.75, 3.05) is 24.4 Å². The lowest BCUT2D eigenvalue weighted by atomic mass is 9.99. The fourth-order valence-electron chi connectivity index (χ4n) is 3.62. The molecule has 0 radical (unpaired) electrons. The maximum absolute atomic E-state index is 12.7. The van der Waals surface area contributed by atoms with Crippen molar-refractivity contribution >= 4 is 34.2 Å². The minimum atomic E-state index is -0.399. The van der Waals surface area contributed by atoms with Gasteiger partial charge in [0.2, 0.25) is 0 Å². The second-order valence-corrected chi connectivity index (χ2v) is 8.23. The number of fused-ring (bicyclic) bond motifs is 1. The first-order chi connectivity index (χ1) is 17.0. The van der Waals surface area contributed by atoms with Crippen LogP contribution in [-0.2, 0) is 4.79 Å².